The maximum atomic E-state index is 6.31. The fourth-order valence-corrected chi connectivity index (χ4v) is 3.69. The average molecular weight is 383 g/mol. The van der Waals surface area contributed by atoms with E-state index < -0.39 is 0 Å². The van der Waals surface area contributed by atoms with Crippen LogP contribution in [0.2, 0.25) is 5.15 Å². The van der Waals surface area contributed by atoms with Crippen molar-refractivity contribution in [2.24, 2.45) is 7.05 Å². The highest BCUT2D eigenvalue weighted by Gasteiger charge is 2.20. The summed E-state index contributed by atoms with van der Waals surface area (Å²) in [6.45, 7) is 8.38. The van der Waals surface area contributed by atoms with Gasteiger partial charge >= 0.3 is 0 Å². The van der Waals surface area contributed by atoms with Gasteiger partial charge in [-0.3, -0.25) is 9.58 Å². The van der Waals surface area contributed by atoms with Crippen molar-refractivity contribution in [3.05, 3.63) is 51.8 Å². The molecule has 0 spiro atoms. The van der Waals surface area contributed by atoms with Gasteiger partial charge in [0.25, 0.3) is 0 Å². The van der Waals surface area contributed by atoms with Crippen molar-refractivity contribution in [2.75, 3.05) is 13.1 Å². The summed E-state index contributed by atoms with van der Waals surface area (Å²) >= 11 is 6.31. The van der Waals surface area contributed by atoms with Crippen molar-refractivity contribution in [2.45, 2.75) is 45.8 Å². The summed E-state index contributed by atoms with van der Waals surface area (Å²) in [6, 6.07) is 9.25. The smallest absolute Gasteiger partial charge is 0.131 e. The molecule has 1 aromatic heterocycles. The van der Waals surface area contributed by atoms with E-state index in [9.17, 15) is 0 Å². The molecule has 1 saturated heterocycles. The van der Waals surface area contributed by atoms with E-state index in [0.717, 1.165) is 42.6 Å². The number of nitrogens with zero attached hydrogens (tertiary/aromatic N) is 3. The van der Waals surface area contributed by atoms with Gasteiger partial charge < -0.3 is 5.32 Å². The molecule has 6 heteroatoms. The van der Waals surface area contributed by atoms with Crippen LogP contribution < -0.4 is 5.32 Å². The highest BCUT2D eigenvalue weighted by molar-refractivity contribution is 6.30. The molecule has 25 heavy (non-hydrogen) atoms. The summed E-state index contributed by atoms with van der Waals surface area (Å²) in [6.07, 6.45) is 2.37. The standard InChI is InChI=1S/C19H27ClN4.ClH/c1-14-6-4-5-7-16(14)13-24-10-8-17(9-11-24)21-12-18-15(2)22-23(3)19(18)20;/h4-7,17,21H,8-13H2,1-3H3;1H. The maximum absolute atomic E-state index is 6.31. The van der Waals surface area contributed by atoms with E-state index in [-0.39, 0.29) is 12.4 Å². The number of rotatable bonds is 5. The number of halogens is 2. The Balaban J connectivity index is 0.00000225. The van der Waals surface area contributed by atoms with Crippen molar-refractivity contribution in [3.63, 3.8) is 0 Å². The number of benzene rings is 1. The lowest BCUT2D eigenvalue weighted by Crippen LogP contribution is -2.42. The summed E-state index contributed by atoms with van der Waals surface area (Å²) < 4.78 is 1.75. The highest BCUT2D eigenvalue weighted by atomic mass is 35.5. The Morgan fingerprint density at radius 1 is 1.20 bits per heavy atom. The highest BCUT2D eigenvalue weighted by Crippen LogP contribution is 2.20. The van der Waals surface area contributed by atoms with Gasteiger partial charge in [-0.2, -0.15) is 5.10 Å². The number of nitrogens with one attached hydrogen (secondary N) is 1. The van der Waals surface area contributed by atoms with Crippen molar-refractivity contribution < 1.29 is 0 Å². The van der Waals surface area contributed by atoms with Crippen LogP contribution in [0.3, 0.4) is 0 Å². The SMILES string of the molecule is Cc1ccccc1CN1CCC(NCc2c(C)nn(C)c2Cl)CC1.Cl. The Bertz CT molecular complexity index is 691. The quantitative estimate of drug-likeness (QED) is 0.851. The molecule has 1 aromatic carbocycles. The molecule has 2 heterocycles. The molecular weight excluding hydrogens is 355 g/mol. The summed E-state index contributed by atoms with van der Waals surface area (Å²) in [4.78, 5) is 2.56. The molecule has 3 rings (SSSR count). The van der Waals surface area contributed by atoms with Gasteiger partial charge in [-0.1, -0.05) is 35.9 Å². The van der Waals surface area contributed by atoms with Crippen LogP contribution in [0, 0.1) is 13.8 Å². The number of piperidine rings is 1. The molecule has 0 saturated carbocycles. The van der Waals surface area contributed by atoms with Crippen molar-refractivity contribution >= 4 is 24.0 Å². The normalized spacial score (nSPS) is 16.0. The van der Waals surface area contributed by atoms with E-state index in [4.69, 9.17) is 11.6 Å². The maximum Gasteiger partial charge on any atom is 0.131 e. The predicted octanol–water partition coefficient (Wildman–Crippen LogP) is 3.87. The van der Waals surface area contributed by atoms with Crippen molar-refractivity contribution in [1.29, 1.82) is 0 Å². The summed E-state index contributed by atoms with van der Waals surface area (Å²) in [7, 11) is 1.89. The van der Waals surface area contributed by atoms with E-state index in [1.807, 2.05) is 14.0 Å². The van der Waals surface area contributed by atoms with E-state index >= 15 is 0 Å². The molecule has 1 fully saturated rings. The average Bonchev–Trinajstić information content (AvgIpc) is 2.82. The second-order valence-corrected chi connectivity index (χ2v) is 7.19. The molecule has 138 valence electrons. The first-order valence-corrected chi connectivity index (χ1v) is 9.10. The topological polar surface area (TPSA) is 33.1 Å². The molecule has 4 nitrogen and oxygen atoms in total. The van der Waals surface area contributed by atoms with Crippen LogP contribution in [0.4, 0.5) is 0 Å². The van der Waals surface area contributed by atoms with Crippen molar-refractivity contribution in [3.8, 4) is 0 Å². The first-order valence-electron chi connectivity index (χ1n) is 8.73. The van der Waals surface area contributed by atoms with Gasteiger partial charge in [-0.15, -0.1) is 12.4 Å². The van der Waals surface area contributed by atoms with Gasteiger partial charge in [0, 0.05) is 31.7 Å². The fourth-order valence-electron chi connectivity index (χ4n) is 3.44. The molecule has 1 aliphatic rings. The molecule has 0 atom stereocenters. The zero-order valence-corrected chi connectivity index (χ0v) is 16.8. The van der Waals surface area contributed by atoms with Gasteiger partial charge in [0.1, 0.15) is 5.15 Å². The second-order valence-electron chi connectivity index (χ2n) is 6.84. The third-order valence-electron chi connectivity index (χ3n) is 5.08. The summed E-state index contributed by atoms with van der Waals surface area (Å²) in [5, 5.41) is 8.79. The van der Waals surface area contributed by atoms with E-state index in [0.29, 0.717) is 6.04 Å². The number of hydrogen-bond acceptors (Lipinski definition) is 3. The monoisotopic (exact) mass is 382 g/mol. The lowest BCUT2D eigenvalue weighted by Gasteiger charge is -2.32. The lowest BCUT2D eigenvalue weighted by atomic mass is 10.0. The van der Waals surface area contributed by atoms with Gasteiger partial charge in [0.15, 0.2) is 0 Å². The Kier molecular flexibility index (Phi) is 7.32. The largest absolute Gasteiger partial charge is 0.310 e. The van der Waals surface area contributed by atoms with Crippen LogP contribution >= 0.6 is 24.0 Å². The van der Waals surface area contributed by atoms with Crippen molar-refractivity contribution in [1.82, 2.24) is 20.0 Å². The lowest BCUT2D eigenvalue weighted by molar-refractivity contribution is 0.190. The first-order chi connectivity index (χ1) is 11.5. The number of likely N-dealkylation sites (tertiary alicyclic amines) is 1. The molecular formula is C19H28Cl2N4. The molecule has 0 aliphatic carbocycles. The van der Waals surface area contributed by atoms with Gasteiger partial charge in [0.2, 0.25) is 0 Å². The Labute approximate surface area is 162 Å². The third kappa shape index (κ3) is 4.98. The minimum atomic E-state index is 0. The molecule has 2 aromatic rings. The number of aromatic nitrogens is 2. The van der Waals surface area contributed by atoms with Crippen LogP contribution in [0.25, 0.3) is 0 Å². The van der Waals surface area contributed by atoms with E-state index in [1.165, 1.54) is 24.0 Å². The Morgan fingerprint density at radius 3 is 2.48 bits per heavy atom. The Morgan fingerprint density at radius 2 is 1.88 bits per heavy atom. The first kappa shape index (κ1) is 20.2. The molecule has 1 aliphatic heterocycles. The van der Waals surface area contributed by atoms with Crippen LogP contribution in [0.5, 0.6) is 0 Å². The predicted molar refractivity (Wildman–Crippen MR) is 107 cm³/mol. The molecule has 0 amide bonds. The van der Waals surface area contributed by atoms with Crippen LogP contribution in [-0.2, 0) is 20.1 Å². The van der Waals surface area contributed by atoms with E-state index in [2.05, 4.69) is 46.5 Å². The molecule has 1 N–H and O–H groups in total. The molecule has 0 unspecified atom stereocenters. The van der Waals surface area contributed by atoms with Gasteiger partial charge in [-0.05, 0) is 50.9 Å². The van der Waals surface area contributed by atoms with Gasteiger partial charge in [0.05, 0.1) is 5.69 Å². The van der Waals surface area contributed by atoms with E-state index in [1.54, 1.807) is 4.68 Å². The van der Waals surface area contributed by atoms with Crippen LogP contribution in [0.15, 0.2) is 24.3 Å². The van der Waals surface area contributed by atoms with Gasteiger partial charge in [-0.25, -0.2) is 0 Å². The number of aryl methyl sites for hydroxylation is 3. The zero-order chi connectivity index (χ0) is 17.1. The molecule has 0 radical (unpaired) electrons. The minimum Gasteiger partial charge on any atom is -0.310 e. The zero-order valence-electron chi connectivity index (χ0n) is 15.3. The second kappa shape index (κ2) is 9.04. The Hall–Kier alpha value is -1.07. The summed E-state index contributed by atoms with van der Waals surface area (Å²) in [5.41, 5.74) is 4.98. The molecule has 0 bridgehead atoms. The fraction of sp³-hybridized carbons (Fsp3) is 0.526. The third-order valence-corrected chi connectivity index (χ3v) is 5.55. The van der Waals surface area contributed by atoms with Crippen LogP contribution in [0.1, 0.15) is 35.2 Å². The number of hydrogen-bond donors (Lipinski definition) is 1. The summed E-state index contributed by atoms with van der Waals surface area (Å²) in [5.74, 6) is 0. The van der Waals surface area contributed by atoms with Crippen LogP contribution in [-0.4, -0.2) is 33.8 Å². The minimum absolute atomic E-state index is 0.